The lowest BCUT2D eigenvalue weighted by atomic mass is 10.2. The summed E-state index contributed by atoms with van der Waals surface area (Å²) in [6, 6.07) is 12.6. The van der Waals surface area contributed by atoms with Gasteiger partial charge in [0, 0.05) is 11.3 Å². The predicted molar refractivity (Wildman–Crippen MR) is 114 cm³/mol. The van der Waals surface area contributed by atoms with E-state index in [1.54, 1.807) is 25.1 Å². The van der Waals surface area contributed by atoms with Gasteiger partial charge in [-0.05, 0) is 55.9 Å². The lowest BCUT2D eigenvalue weighted by Gasteiger charge is -2.15. The number of benzene rings is 2. The summed E-state index contributed by atoms with van der Waals surface area (Å²) in [6.45, 7) is 6.70. The zero-order valence-electron chi connectivity index (χ0n) is 17.0. The monoisotopic (exact) mass is 418 g/mol. The standard InChI is InChI=1S/C21H27N3O4S/c1-5-12-28-19-10-7-17(8-11-19)14-24(4)15-21(25)23-18-9-6-16(2)20(13-18)29(26,27)22-3/h5-11,13,22H,1,12,14-15H2,2-4H3,(H,23,25)/p+1. The van der Waals surface area contributed by atoms with Crippen molar-refractivity contribution in [1.82, 2.24) is 4.72 Å². The number of carbonyl (C=O) groups is 1. The van der Waals surface area contributed by atoms with E-state index in [0.717, 1.165) is 16.2 Å². The summed E-state index contributed by atoms with van der Waals surface area (Å²) in [4.78, 5) is 13.5. The SMILES string of the molecule is C=CCOc1ccc(C[NH+](C)CC(=O)Nc2ccc(C)c(S(=O)(=O)NC)c2)cc1. The summed E-state index contributed by atoms with van der Waals surface area (Å²) in [5.41, 5.74) is 2.14. The lowest BCUT2D eigenvalue weighted by molar-refractivity contribution is -0.885. The number of carbonyl (C=O) groups excluding carboxylic acids is 1. The number of quaternary nitrogens is 1. The maximum absolute atomic E-state index is 12.4. The van der Waals surface area contributed by atoms with Crippen molar-refractivity contribution in [3.63, 3.8) is 0 Å². The Morgan fingerprint density at radius 1 is 1.21 bits per heavy atom. The molecule has 1 atom stereocenters. The Bertz CT molecular complexity index is 956. The summed E-state index contributed by atoms with van der Waals surface area (Å²) >= 11 is 0. The summed E-state index contributed by atoms with van der Waals surface area (Å²) in [7, 11) is -0.301. The van der Waals surface area contributed by atoms with Crippen LogP contribution in [0.5, 0.6) is 5.75 Å². The van der Waals surface area contributed by atoms with Gasteiger partial charge in [0.05, 0.1) is 11.9 Å². The number of sulfonamides is 1. The van der Waals surface area contributed by atoms with Crippen molar-refractivity contribution in [3.05, 3.63) is 66.2 Å². The molecule has 0 aliphatic heterocycles. The van der Waals surface area contributed by atoms with Gasteiger partial charge in [-0.2, -0.15) is 0 Å². The van der Waals surface area contributed by atoms with Crippen LogP contribution in [0.1, 0.15) is 11.1 Å². The summed E-state index contributed by atoms with van der Waals surface area (Å²) in [5.74, 6) is 0.584. The molecule has 0 saturated carbocycles. The van der Waals surface area contributed by atoms with Gasteiger partial charge >= 0.3 is 0 Å². The van der Waals surface area contributed by atoms with Crippen LogP contribution in [-0.4, -0.2) is 41.6 Å². The second-order valence-corrected chi connectivity index (χ2v) is 8.65. The van der Waals surface area contributed by atoms with Gasteiger partial charge in [-0.3, -0.25) is 4.79 Å². The van der Waals surface area contributed by atoms with E-state index in [9.17, 15) is 13.2 Å². The van der Waals surface area contributed by atoms with E-state index < -0.39 is 10.0 Å². The molecule has 0 radical (unpaired) electrons. The third-order valence-corrected chi connectivity index (χ3v) is 5.85. The number of anilines is 1. The van der Waals surface area contributed by atoms with Crippen molar-refractivity contribution in [1.29, 1.82) is 0 Å². The Balaban J connectivity index is 1.95. The van der Waals surface area contributed by atoms with E-state index in [2.05, 4.69) is 16.6 Å². The zero-order chi connectivity index (χ0) is 21.4. The van der Waals surface area contributed by atoms with Crippen LogP contribution in [-0.2, 0) is 21.4 Å². The normalized spacial score (nSPS) is 12.2. The fourth-order valence-electron chi connectivity index (χ4n) is 2.83. The average Bonchev–Trinajstić information content (AvgIpc) is 2.68. The minimum absolute atomic E-state index is 0.150. The van der Waals surface area contributed by atoms with Crippen molar-refractivity contribution in [3.8, 4) is 5.75 Å². The average molecular weight is 419 g/mol. The molecule has 0 spiro atoms. The van der Waals surface area contributed by atoms with Crippen LogP contribution in [0, 0.1) is 6.92 Å². The molecule has 29 heavy (non-hydrogen) atoms. The summed E-state index contributed by atoms with van der Waals surface area (Å²) in [5, 5.41) is 2.77. The van der Waals surface area contributed by atoms with Gasteiger partial charge in [0.2, 0.25) is 10.0 Å². The maximum atomic E-state index is 12.4. The van der Waals surface area contributed by atoms with Crippen LogP contribution in [0.3, 0.4) is 0 Å². The second-order valence-electron chi connectivity index (χ2n) is 6.79. The molecule has 8 heteroatoms. The highest BCUT2D eigenvalue weighted by Gasteiger charge is 2.17. The number of ether oxygens (including phenoxy) is 1. The van der Waals surface area contributed by atoms with Gasteiger partial charge in [0.25, 0.3) is 5.91 Å². The van der Waals surface area contributed by atoms with Crippen molar-refractivity contribution in [2.24, 2.45) is 0 Å². The Labute approximate surface area is 172 Å². The van der Waals surface area contributed by atoms with Crippen molar-refractivity contribution >= 4 is 21.6 Å². The highest BCUT2D eigenvalue weighted by atomic mass is 32.2. The molecule has 3 N–H and O–H groups in total. The highest BCUT2D eigenvalue weighted by molar-refractivity contribution is 7.89. The minimum Gasteiger partial charge on any atom is -0.490 e. The smallest absolute Gasteiger partial charge is 0.279 e. The molecule has 0 fully saturated rings. The fourth-order valence-corrected chi connectivity index (χ4v) is 3.82. The van der Waals surface area contributed by atoms with Gasteiger partial charge < -0.3 is 15.0 Å². The summed E-state index contributed by atoms with van der Waals surface area (Å²) < 4.78 is 31.9. The number of aryl methyl sites for hydroxylation is 1. The molecule has 0 bridgehead atoms. The number of likely N-dealkylation sites (N-methyl/N-ethyl adjacent to an activating group) is 1. The van der Waals surface area contributed by atoms with Crippen molar-refractivity contribution in [2.75, 3.05) is 32.6 Å². The molecule has 1 unspecified atom stereocenters. The molecule has 0 aliphatic rings. The van der Waals surface area contributed by atoms with E-state index in [1.807, 2.05) is 31.3 Å². The molecule has 156 valence electrons. The quantitative estimate of drug-likeness (QED) is 0.505. The predicted octanol–water partition coefficient (Wildman–Crippen LogP) is 1.12. The number of hydrogen-bond donors (Lipinski definition) is 3. The van der Waals surface area contributed by atoms with E-state index in [1.165, 1.54) is 13.1 Å². The van der Waals surface area contributed by atoms with Crippen LogP contribution >= 0.6 is 0 Å². The Hall–Kier alpha value is -2.68. The highest BCUT2D eigenvalue weighted by Crippen LogP contribution is 2.19. The van der Waals surface area contributed by atoms with Crippen LogP contribution in [0.2, 0.25) is 0 Å². The Kier molecular flexibility index (Phi) is 7.95. The topological polar surface area (TPSA) is 88.9 Å². The zero-order valence-corrected chi connectivity index (χ0v) is 17.8. The lowest BCUT2D eigenvalue weighted by Crippen LogP contribution is -3.08. The molecule has 2 aromatic rings. The third kappa shape index (κ3) is 6.70. The van der Waals surface area contributed by atoms with Crippen LogP contribution in [0.15, 0.2) is 60.0 Å². The Morgan fingerprint density at radius 3 is 2.52 bits per heavy atom. The maximum Gasteiger partial charge on any atom is 0.279 e. The number of hydrogen-bond acceptors (Lipinski definition) is 4. The van der Waals surface area contributed by atoms with Gasteiger partial charge in [-0.25, -0.2) is 13.1 Å². The number of rotatable bonds is 10. The molecule has 7 nitrogen and oxygen atoms in total. The first kappa shape index (κ1) is 22.6. The fraction of sp³-hybridized carbons (Fsp3) is 0.286. The van der Waals surface area contributed by atoms with Gasteiger partial charge in [-0.15, -0.1) is 0 Å². The first-order chi connectivity index (χ1) is 13.7. The van der Waals surface area contributed by atoms with Gasteiger partial charge in [0.15, 0.2) is 6.54 Å². The van der Waals surface area contributed by atoms with Gasteiger partial charge in [-0.1, -0.05) is 18.7 Å². The van der Waals surface area contributed by atoms with Crippen molar-refractivity contribution in [2.45, 2.75) is 18.4 Å². The van der Waals surface area contributed by atoms with E-state index in [-0.39, 0.29) is 17.3 Å². The van der Waals surface area contributed by atoms with Crippen LogP contribution in [0.4, 0.5) is 5.69 Å². The van der Waals surface area contributed by atoms with Gasteiger partial charge in [0.1, 0.15) is 18.9 Å². The first-order valence-electron chi connectivity index (χ1n) is 9.23. The molecule has 0 aromatic heterocycles. The largest absolute Gasteiger partial charge is 0.490 e. The summed E-state index contributed by atoms with van der Waals surface area (Å²) in [6.07, 6.45) is 1.69. The van der Waals surface area contributed by atoms with Crippen molar-refractivity contribution < 1.29 is 22.8 Å². The first-order valence-corrected chi connectivity index (χ1v) is 10.7. The van der Waals surface area contributed by atoms with E-state index >= 15 is 0 Å². The molecule has 0 heterocycles. The number of amides is 1. The van der Waals surface area contributed by atoms with E-state index in [0.29, 0.717) is 24.4 Å². The second kappa shape index (κ2) is 10.2. The molecule has 2 aromatic carbocycles. The molecule has 0 aliphatic carbocycles. The molecule has 2 rings (SSSR count). The van der Waals surface area contributed by atoms with E-state index in [4.69, 9.17) is 4.74 Å². The molecular formula is C21H28N3O4S+. The molecular weight excluding hydrogens is 390 g/mol. The number of nitrogens with one attached hydrogen (secondary N) is 3. The molecule has 0 saturated heterocycles. The minimum atomic E-state index is -3.58. The third-order valence-electron chi connectivity index (χ3n) is 4.29. The molecule has 1 amide bonds. The van der Waals surface area contributed by atoms with Crippen LogP contribution in [0.25, 0.3) is 0 Å². The van der Waals surface area contributed by atoms with Crippen LogP contribution < -0.4 is 19.7 Å². The Morgan fingerprint density at radius 2 is 1.90 bits per heavy atom.